The highest BCUT2D eigenvalue weighted by Crippen LogP contribution is 2.16. The number of nitriles is 1. The second-order valence-electron chi connectivity index (χ2n) is 8.46. The van der Waals surface area contributed by atoms with Crippen LogP contribution in [0.1, 0.15) is 49.9 Å². The van der Waals surface area contributed by atoms with Crippen molar-refractivity contribution < 1.29 is 19.1 Å². The minimum absolute atomic E-state index is 0.114. The number of anilines is 1. The molecule has 0 saturated carbocycles. The van der Waals surface area contributed by atoms with Crippen molar-refractivity contribution in [3.05, 3.63) is 29.8 Å². The minimum Gasteiger partial charge on any atom is -0.448 e. The van der Waals surface area contributed by atoms with Crippen LogP contribution in [-0.4, -0.2) is 61.6 Å². The van der Waals surface area contributed by atoms with Gasteiger partial charge < -0.3 is 20.3 Å². The van der Waals surface area contributed by atoms with Crippen molar-refractivity contribution in [3.8, 4) is 6.07 Å². The van der Waals surface area contributed by atoms with Crippen LogP contribution in [0.25, 0.3) is 0 Å². The van der Waals surface area contributed by atoms with Crippen LogP contribution in [0.15, 0.2) is 24.3 Å². The molecule has 9 nitrogen and oxygen atoms in total. The molecule has 1 aliphatic heterocycles. The van der Waals surface area contributed by atoms with Crippen molar-refractivity contribution in [1.29, 1.82) is 5.26 Å². The predicted octanol–water partition coefficient (Wildman–Crippen LogP) is 2.50. The molecular formula is C23H33N5O4. The number of piperidine rings is 1. The van der Waals surface area contributed by atoms with Gasteiger partial charge in [-0.05, 0) is 63.0 Å². The molecule has 0 spiro atoms. The normalized spacial score (nSPS) is 17.2. The van der Waals surface area contributed by atoms with Crippen molar-refractivity contribution in [3.63, 3.8) is 0 Å². The van der Waals surface area contributed by atoms with Crippen LogP contribution in [0.5, 0.6) is 0 Å². The maximum Gasteiger partial charge on any atom is 0.411 e. The zero-order valence-electron chi connectivity index (χ0n) is 19.0. The van der Waals surface area contributed by atoms with E-state index < -0.39 is 23.9 Å². The summed E-state index contributed by atoms with van der Waals surface area (Å²) in [5, 5.41) is 16.5. The lowest BCUT2D eigenvalue weighted by Gasteiger charge is -2.31. The zero-order valence-corrected chi connectivity index (χ0v) is 19.0. The van der Waals surface area contributed by atoms with E-state index in [1.807, 2.05) is 27.0 Å². The summed E-state index contributed by atoms with van der Waals surface area (Å²) >= 11 is 0. The number of ether oxygens (including phenoxy) is 1. The Morgan fingerprint density at radius 3 is 2.56 bits per heavy atom. The molecule has 0 aliphatic carbocycles. The van der Waals surface area contributed by atoms with E-state index in [0.29, 0.717) is 24.3 Å². The van der Waals surface area contributed by atoms with Crippen LogP contribution in [0.2, 0.25) is 0 Å². The molecule has 32 heavy (non-hydrogen) atoms. The second-order valence-corrected chi connectivity index (χ2v) is 8.46. The van der Waals surface area contributed by atoms with Crippen molar-refractivity contribution in [2.45, 2.75) is 51.6 Å². The van der Waals surface area contributed by atoms with Crippen LogP contribution in [0, 0.1) is 17.2 Å². The van der Waals surface area contributed by atoms with E-state index in [1.165, 1.54) is 6.42 Å². The number of carbonyl (C=O) groups is 3. The smallest absolute Gasteiger partial charge is 0.411 e. The molecule has 1 saturated heterocycles. The molecule has 1 aliphatic rings. The van der Waals surface area contributed by atoms with Crippen LogP contribution in [0.4, 0.5) is 10.5 Å². The van der Waals surface area contributed by atoms with Gasteiger partial charge in [-0.25, -0.2) is 4.79 Å². The first-order valence-corrected chi connectivity index (χ1v) is 11.0. The fourth-order valence-electron chi connectivity index (χ4n) is 3.58. The van der Waals surface area contributed by atoms with Crippen molar-refractivity contribution in [1.82, 2.24) is 15.5 Å². The summed E-state index contributed by atoms with van der Waals surface area (Å²) in [5.41, 5.74) is 0.864. The predicted molar refractivity (Wildman–Crippen MR) is 121 cm³/mol. The Hall–Kier alpha value is -3.12. The fraction of sp³-hybridized carbons (Fsp3) is 0.565. The lowest BCUT2D eigenvalue weighted by atomic mass is 10.0. The summed E-state index contributed by atoms with van der Waals surface area (Å²) in [6.45, 7) is 5.13. The summed E-state index contributed by atoms with van der Waals surface area (Å²) < 4.78 is 5.34. The summed E-state index contributed by atoms with van der Waals surface area (Å²) in [6.07, 6.45) is 3.24. The van der Waals surface area contributed by atoms with Gasteiger partial charge in [0, 0.05) is 17.3 Å². The van der Waals surface area contributed by atoms with Gasteiger partial charge in [-0.3, -0.25) is 14.9 Å². The Balaban J connectivity index is 1.88. The molecule has 3 N–H and O–H groups in total. The molecule has 2 rings (SSSR count). The summed E-state index contributed by atoms with van der Waals surface area (Å²) in [7, 11) is 2.04. The Morgan fingerprint density at radius 1 is 1.22 bits per heavy atom. The standard InChI is InChI=1S/C23H33N5O4/c1-16(2)14-20(22(30)25-12-11-24)27-21(29)17-7-9-18(10-8-17)26-23(31)32-15-19-6-4-5-13-28(19)3/h7-10,16,19-20H,4-6,12-15H2,1-3H3,(H,25,30)(H,26,31)(H,27,29). The molecule has 1 aromatic rings. The summed E-state index contributed by atoms with van der Waals surface area (Å²) in [5.74, 6) is -0.616. The number of carbonyl (C=O) groups excluding carboxylic acids is 3. The molecule has 0 radical (unpaired) electrons. The third-order valence-corrected chi connectivity index (χ3v) is 5.39. The first kappa shape index (κ1) is 25.1. The molecule has 9 heteroatoms. The number of nitrogens with zero attached hydrogens (tertiary/aromatic N) is 2. The summed E-state index contributed by atoms with van der Waals surface area (Å²) in [6, 6.07) is 7.71. The van der Waals surface area contributed by atoms with E-state index in [0.717, 1.165) is 19.4 Å². The second kappa shape index (κ2) is 12.7. The van der Waals surface area contributed by atoms with Gasteiger partial charge in [0.25, 0.3) is 5.91 Å². The lowest BCUT2D eigenvalue weighted by Crippen LogP contribution is -2.47. The number of rotatable bonds is 9. The molecule has 0 aromatic heterocycles. The maximum absolute atomic E-state index is 12.6. The monoisotopic (exact) mass is 443 g/mol. The molecule has 1 heterocycles. The lowest BCUT2D eigenvalue weighted by molar-refractivity contribution is -0.123. The van der Waals surface area contributed by atoms with Gasteiger partial charge in [0.2, 0.25) is 5.91 Å². The SMILES string of the molecule is CC(C)CC(NC(=O)c1ccc(NC(=O)OCC2CCCCN2C)cc1)C(=O)NCC#N. The fourth-order valence-corrected chi connectivity index (χ4v) is 3.58. The molecule has 1 aromatic carbocycles. The van der Waals surface area contributed by atoms with Crippen molar-refractivity contribution >= 4 is 23.6 Å². The Bertz CT molecular complexity index is 819. The van der Waals surface area contributed by atoms with E-state index in [4.69, 9.17) is 10.00 Å². The number of hydrogen-bond donors (Lipinski definition) is 3. The number of nitrogens with one attached hydrogen (secondary N) is 3. The van der Waals surface area contributed by atoms with Crippen molar-refractivity contribution in [2.24, 2.45) is 5.92 Å². The maximum atomic E-state index is 12.6. The molecule has 0 bridgehead atoms. The number of hydrogen-bond acceptors (Lipinski definition) is 6. The van der Waals surface area contributed by atoms with Crippen LogP contribution < -0.4 is 16.0 Å². The molecule has 2 unspecified atom stereocenters. The number of benzene rings is 1. The highest BCUT2D eigenvalue weighted by Gasteiger charge is 2.23. The average Bonchev–Trinajstić information content (AvgIpc) is 2.76. The third-order valence-electron chi connectivity index (χ3n) is 5.39. The van der Waals surface area contributed by atoms with E-state index in [2.05, 4.69) is 20.9 Å². The first-order chi connectivity index (χ1) is 15.3. The quantitative estimate of drug-likeness (QED) is 0.504. The highest BCUT2D eigenvalue weighted by atomic mass is 16.5. The zero-order chi connectivity index (χ0) is 23.5. The topological polar surface area (TPSA) is 124 Å². The van der Waals surface area contributed by atoms with Gasteiger partial charge in [-0.1, -0.05) is 20.3 Å². The molecule has 2 atom stereocenters. The van der Waals surface area contributed by atoms with Gasteiger partial charge in [0.05, 0.1) is 6.07 Å². The Labute approximate surface area is 189 Å². The summed E-state index contributed by atoms with van der Waals surface area (Å²) in [4.78, 5) is 39.1. The van der Waals surface area contributed by atoms with Crippen LogP contribution >= 0.6 is 0 Å². The van der Waals surface area contributed by atoms with Gasteiger partial charge >= 0.3 is 6.09 Å². The van der Waals surface area contributed by atoms with E-state index in [1.54, 1.807) is 24.3 Å². The van der Waals surface area contributed by atoms with Gasteiger partial charge in [-0.2, -0.15) is 5.26 Å². The number of amides is 3. The molecule has 3 amide bonds. The van der Waals surface area contributed by atoms with Gasteiger partial charge in [-0.15, -0.1) is 0 Å². The van der Waals surface area contributed by atoms with Crippen LogP contribution in [0.3, 0.4) is 0 Å². The molecule has 174 valence electrons. The van der Waals surface area contributed by atoms with Gasteiger partial charge in [0.1, 0.15) is 19.2 Å². The molecular weight excluding hydrogens is 410 g/mol. The third kappa shape index (κ3) is 8.19. The first-order valence-electron chi connectivity index (χ1n) is 11.0. The average molecular weight is 444 g/mol. The van der Waals surface area contributed by atoms with E-state index in [-0.39, 0.29) is 18.5 Å². The largest absolute Gasteiger partial charge is 0.448 e. The Kier molecular flexibility index (Phi) is 9.95. The Morgan fingerprint density at radius 2 is 1.94 bits per heavy atom. The van der Waals surface area contributed by atoms with E-state index in [9.17, 15) is 14.4 Å². The van der Waals surface area contributed by atoms with Crippen LogP contribution in [-0.2, 0) is 9.53 Å². The van der Waals surface area contributed by atoms with E-state index >= 15 is 0 Å². The highest BCUT2D eigenvalue weighted by molar-refractivity contribution is 5.98. The van der Waals surface area contributed by atoms with Gasteiger partial charge in [0.15, 0.2) is 0 Å². The molecule has 1 fully saturated rings. The number of likely N-dealkylation sites (tertiary alicyclic amines) is 1. The number of likely N-dealkylation sites (N-methyl/N-ethyl adjacent to an activating group) is 1. The van der Waals surface area contributed by atoms with Crippen molar-refractivity contribution in [2.75, 3.05) is 32.1 Å². The minimum atomic E-state index is -0.735.